The van der Waals surface area contributed by atoms with Crippen LogP contribution in [-0.4, -0.2) is 29.3 Å². The standard InChI is InChI=1S/C23H26N4O3S/c1-5-30-20(29)19-13(2)24-22(31-19)27-21-25-15-11-23(3,4)12-16(28)17(15)18(26-21)14-9-7-6-8-10-14/h6-11,17-18H,5,12H2,1-4H3,(H2,24,25,26,27)/t17-,18-/m0/s1. The molecule has 0 saturated heterocycles. The third kappa shape index (κ3) is 4.39. The zero-order valence-corrected chi connectivity index (χ0v) is 18.9. The van der Waals surface area contributed by atoms with E-state index >= 15 is 0 Å². The van der Waals surface area contributed by atoms with Crippen molar-refractivity contribution in [3.05, 3.63) is 58.2 Å². The van der Waals surface area contributed by atoms with Crippen molar-refractivity contribution < 1.29 is 14.3 Å². The molecule has 0 bridgehead atoms. The molecule has 2 N–H and O–H groups in total. The molecule has 2 aromatic rings. The third-order valence-electron chi connectivity index (χ3n) is 5.33. The SMILES string of the molecule is CCOC(=O)c1sc(NC2=N[C@@H](c3ccccc3)[C@@H]3C(=O)CC(C)(C)C=C3N2)nc1C. The second-order valence-corrected chi connectivity index (χ2v) is 9.45. The van der Waals surface area contributed by atoms with Crippen LogP contribution in [-0.2, 0) is 9.53 Å². The first-order valence-corrected chi connectivity index (χ1v) is 11.2. The number of nitrogens with zero attached hydrogens (tertiary/aromatic N) is 2. The normalized spacial score (nSPS) is 22.0. The van der Waals surface area contributed by atoms with E-state index in [9.17, 15) is 9.59 Å². The quantitative estimate of drug-likeness (QED) is 0.694. The minimum absolute atomic E-state index is 0.182. The van der Waals surface area contributed by atoms with E-state index < -0.39 is 0 Å². The van der Waals surface area contributed by atoms with Crippen LogP contribution >= 0.6 is 11.3 Å². The first-order chi connectivity index (χ1) is 14.8. The number of rotatable bonds is 4. The number of ether oxygens (including phenoxy) is 1. The Hall–Kier alpha value is -3.00. The fourth-order valence-electron chi connectivity index (χ4n) is 4.05. The molecule has 8 heteroatoms. The van der Waals surface area contributed by atoms with Crippen molar-refractivity contribution in [3.63, 3.8) is 0 Å². The van der Waals surface area contributed by atoms with Gasteiger partial charge in [-0.2, -0.15) is 0 Å². The summed E-state index contributed by atoms with van der Waals surface area (Å²) in [5.74, 6) is -0.0323. The number of allylic oxidation sites excluding steroid dienone is 1. The molecule has 2 atom stereocenters. The molecular formula is C23H26N4O3S. The Kier molecular flexibility index (Phi) is 5.66. The summed E-state index contributed by atoms with van der Waals surface area (Å²) in [6.07, 6.45) is 2.61. The molecule has 0 unspecified atom stereocenters. The number of ketones is 1. The van der Waals surface area contributed by atoms with Crippen LogP contribution in [0.2, 0.25) is 0 Å². The molecule has 0 amide bonds. The van der Waals surface area contributed by atoms with E-state index in [1.165, 1.54) is 11.3 Å². The molecule has 1 aromatic heterocycles. The lowest BCUT2D eigenvalue weighted by Gasteiger charge is -2.38. The van der Waals surface area contributed by atoms with Gasteiger partial charge in [0.15, 0.2) is 5.13 Å². The number of thiazole rings is 1. The van der Waals surface area contributed by atoms with Gasteiger partial charge in [0, 0.05) is 12.1 Å². The summed E-state index contributed by atoms with van der Waals surface area (Å²) < 4.78 is 5.10. The summed E-state index contributed by atoms with van der Waals surface area (Å²) in [7, 11) is 0. The number of hydrogen-bond donors (Lipinski definition) is 2. The van der Waals surface area contributed by atoms with E-state index in [-0.39, 0.29) is 29.1 Å². The predicted molar refractivity (Wildman–Crippen MR) is 121 cm³/mol. The van der Waals surface area contributed by atoms with Crippen molar-refractivity contribution in [1.29, 1.82) is 0 Å². The third-order valence-corrected chi connectivity index (χ3v) is 6.38. The highest BCUT2D eigenvalue weighted by atomic mass is 32.1. The van der Waals surface area contributed by atoms with Gasteiger partial charge >= 0.3 is 5.97 Å². The van der Waals surface area contributed by atoms with Crippen molar-refractivity contribution in [2.45, 2.75) is 40.2 Å². The molecule has 2 aliphatic rings. The maximum absolute atomic E-state index is 13.0. The monoisotopic (exact) mass is 438 g/mol. The van der Waals surface area contributed by atoms with E-state index in [0.29, 0.717) is 34.7 Å². The van der Waals surface area contributed by atoms with Crippen LogP contribution < -0.4 is 10.6 Å². The molecule has 0 spiro atoms. The highest BCUT2D eigenvalue weighted by molar-refractivity contribution is 7.17. The molecule has 4 rings (SSSR count). The summed E-state index contributed by atoms with van der Waals surface area (Å²) in [6.45, 7) is 7.97. The highest BCUT2D eigenvalue weighted by Crippen LogP contribution is 2.42. The van der Waals surface area contributed by atoms with Crippen molar-refractivity contribution in [2.75, 3.05) is 11.9 Å². The Bertz CT molecular complexity index is 1070. The number of aromatic nitrogens is 1. The Morgan fingerprint density at radius 3 is 2.77 bits per heavy atom. The van der Waals surface area contributed by atoms with Gasteiger partial charge in [0.2, 0.25) is 5.96 Å². The van der Waals surface area contributed by atoms with Gasteiger partial charge in [0.25, 0.3) is 0 Å². The minimum atomic E-state index is -0.381. The van der Waals surface area contributed by atoms with Gasteiger partial charge in [-0.1, -0.05) is 61.6 Å². The van der Waals surface area contributed by atoms with Crippen molar-refractivity contribution in [2.24, 2.45) is 16.3 Å². The number of Topliss-reactive ketones (excluding diaryl/α,β-unsaturated/α-hetero) is 1. The minimum Gasteiger partial charge on any atom is -0.462 e. The Morgan fingerprint density at radius 2 is 2.06 bits per heavy atom. The van der Waals surface area contributed by atoms with Crippen molar-refractivity contribution in [3.8, 4) is 0 Å². The van der Waals surface area contributed by atoms with E-state index in [4.69, 9.17) is 9.73 Å². The van der Waals surface area contributed by atoms with Crippen molar-refractivity contribution in [1.82, 2.24) is 10.3 Å². The van der Waals surface area contributed by atoms with Gasteiger partial charge in [-0.15, -0.1) is 0 Å². The van der Waals surface area contributed by atoms with Crippen LogP contribution in [0.25, 0.3) is 0 Å². The summed E-state index contributed by atoms with van der Waals surface area (Å²) in [4.78, 5) is 34.9. The molecule has 0 fully saturated rings. The fourth-order valence-corrected chi connectivity index (χ4v) is 4.91. The average Bonchev–Trinajstić information content (AvgIpc) is 3.07. The van der Waals surface area contributed by atoms with Gasteiger partial charge in [-0.05, 0) is 24.8 Å². The molecule has 31 heavy (non-hydrogen) atoms. The molecular weight excluding hydrogens is 412 g/mol. The lowest BCUT2D eigenvalue weighted by molar-refractivity contribution is -0.124. The molecule has 0 saturated carbocycles. The second kappa shape index (κ2) is 8.26. The smallest absolute Gasteiger partial charge is 0.350 e. The summed E-state index contributed by atoms with van der Waals surface area (Å²) in [5, 5.41) is 7.04. The van der Waals surface area contributed by atoms with Gasteiger partial charge < -0.3 is 15.4 Å². The van der Waals surface area contributed by atoms with E-state index in [1.807, 2.05) is 30.3 Å². The zero-order chi connectivity index (χ0) is 22.2. The molecule has 1 aromatic carbocycles. The van der Waals surface area contributed by atoms with Crippen LogP contribution in [0.15, 0.2) is 47.1 Å². The number of guanidine groups is 1. The van der Waals surface area contributed by atoms with Gasteiger partial charge in [-0.25, -0.2) is 14.8 Å². The van der Waals surface area contributed by atoms with Crippen LogP contribution in [0.3, 0.4) is 0 Å². The maximum Gasteiger partial charge on any atom is 0.350 e. The number of aryl methyl sites for hydroxylation is 1. The number of fused-ring (bicyclic) bond motifs is 1. The van der Waals surface area contributed by atoms with E-state index in [0.717, 1.165) is 11.3 Å². The Labute approximate surface area is 185 Å². The fraction of sp³-hybridized carbons (Fsp3) is 0.391. The largest absolute Gasteiger partial charge is 0.462 e. The van der Waals surface area contributed by atoms with Crippen LogP contribution in [0, 0.1) is 18.3 Å². The average molecular weight is 439 g/mol. The van der Waals surface area contributed by atoms with Gasteiger partial charge in [0.1, 0.15) is 10.7 Å². The lowest BCUT2D eigenvalue weighted by Crippen LogP contribution is -2.45. The first kappa shape index (κ1) is 21.2. The highest BCUT2D eigenvalue weighted by Gasteiger charge is 2.42. The second-order valence-electron chi connectivity index (χ2n) is 8.45. The van der Waals surface area contributed by atoms with Crippen molar-refractivity contribution >= 4 is 34.2 Å². The Balaban J connectivity index is 1.69. The van der Waals surface area contributed by atoms with Gasteiger partial charge in [-0.3, -0.25) is 4.79 Å². The molecule has 7 nitrogen and oxygen atoms in total. The number of carbonyl (C=O) groups excluding carboxylic acids is 2. The number of anilines is 1. The van der Waals surface area contributed by atoms with E-state index in [1.54, 1.807) is 13.8 Å². The molecule has 1 aliphatic heterocycles. The lowest BCUT2D eigenvalue weighted by atomic mass is 9.72. The van der Waals surface area contributed by atoms with Gasteiger partial charge in [0.05, 0.1) is 24.3 Å². The summed E-state index contributed by atoms with van der Waals surface area (Å²) >= 11 is 1.22. The van der Waals surface area contributed by atoms with E-state index in [2.05, 4.69) is 35.5 Å². The molecule has 1 aliphatic carbocycles. The topological polar surface area (TPSA) is 92.7 Å². The van der Waals surface area contributed by atoms with Crippen LogP contribution in [0.5, 0.6) is 0 Å². The number of esters is 1. The number of hydrogen-bond acceptors (Lipinski definition) is 8. The molecule has 0 radical (unpaired) electrons. The number of benzene rings is 1. The van der Waals surface area contributed by atoms with Crippen LogP contribution in [0.1, 0.15) is 54.2 Å². The molecule has 162 valence electrons. The maximum atomic E-state index is 13.0. The summed E-state index contributed by atoms with van der Waals surface area (Å²) in [5.41, 5.74) is 2.21. The first-order valence-electron chi connectivity index (χ1n) is 10.3. The Morgan fingerprint density at radius 1 is 1.32 bits per heavy atom. The summed E-state index contributed by atoms with van der Waals surface area (Å²) in [6, 6.07) is 9.52. The van der Waals surface area contributed by atoms with Crippen LogP contribution in [0.4, 0.5) is 5.13 Å². The number of aliphatic imine (C=N–C) groups is 1. The predicted octanol–water partition coefficient (Wildman–Crippen LogP) is 4.24. The number of carbonyl (C=O) groups is 2. The number of nitrogens with one attached hydrogen (secondary N) is 2. The molecule has 2 heterocycles. The zero-order valence-electron chi connectivity index (χ0n) is 18.1.